The van der Waals surface area contributed by atoms with Crippen LogP contribution < -0.4 is 4.74 Å². The van der Waals surface area contributed by atoms with Crippen molar-refractivity contribution in [3.8, 4) is 11.5 Å². The molecule has 2 rings (SSSR count). The summed E-state index contributed by atoms with van der Waals surface area (Å²) >= 11 is 0. The summed E-state index contributed by atoms with van der Waals surface area (Å²) in [7, 11) is 1.38. The molecule has 0 saturated carbocycles. The SMILES string of the molecule is CCC(C)(C)c1ccc(Oc2ccccc2C(=O)OC)c(C(C)(C)CC)c1. The second kappa shape index (κ2) is 8.16. The van der Waals surface area contributed by atoms with Crippen molar-refractivity contribution >= 4 is 5.97 Å². The summed E-state index contributed by atoms with van der Waals surface area (Å²) in [4.78, 5) is 12.1. The van der Waals surface area contributed by atoms with E-state index in [0.717, 1.165) is 24.2 Å². The van der Waals surface area contributed by atoms with Gasteiger partial charge in [-0.15, -0.1) is 0 Å². The number of ether oxygens (including phenoxy) is 2. The molecule has 27 heavy (non-hydrogen) atoms. The third-order valence-corrected chi connectivity index (χ3v) is 5.77. The number of esters is 1. The van der Waals surface area contributed by atoms with Crippen LogP contribution in [0.15, 0.2) is 42.5 Å². The first-order valence-corrected chi connectivity index (χ1v) is 9.66. The fraction of sp³-hybridized carbons (Fsp3) is 0.458. The fourth-order valence-electron chi connectivity index (χ4n) is 2.92. The van der Waals surface area contributed by atoms with Crippen molar-refractivity contribution in [1.29, 1.82) is 0 Å². The van der Waals surface area contributed by atoms with E-state index in [-0.39, 0.29) is 10.8 Å². The van der Waals surface area contributed by atoms with Crippen LogP contribution in [0.1, 0.15) is 75.9 Å². The molecule has 3 nitrogen and oxygen atoms in total. The van der Waals surface area contributed by atoms with E-state index in [9.17, 15) is 4.79 Å². The molecule has 0 aromatic heterocycles. The van der Waals surface area contributed by atoms with Gasteiger partial charge in [-0.05, 0) is 47.4 Å². The molecule has 0 bridgehead atoms. The number of hydrogen-bond donors (Lipinski definition) is 0. The second-order valence-corrected chi connectivity index (χ2v) is 8.28. The minimum Gasteiger partial charge on any atom is -0.465 e. The van der Waals surface area contributed by atoms with Gasteiger partial charge in [-0.3, -0.25) is 0 Å². The lowest BCUT2D eigenvalue weighted by Crippen LogP contribution is -2.21. The highest BCUT2D eigenvalue weighted by Crippen LogP contribution is 2.40. The Hall–Kier alpha value is -2.29. The minimum atomic E-state index is -0.398. The van der Waals surface area contributed by atoms with Crippen LogP contribution in [-0.4, -0.2) is 13.1 Å². The van der Waals surface area contributed by atoms with E-state index in [1.807, 2.05) is 18.2 Å². The lowest BCUT2D eigenvalue weighted by Gasteiger charge is -2.30. The Morgan fingerprint density at radius 2 is 1.52 bits per heavy atom. The molecule has 0 spiro atoms. The Labute approximate surface area is 163 Å². The quantitative estimate of drug-likeness (QED) is 0.514. The van der Waals surface area contributed by atoms with Crippen LogP contribution >= 0.6 is 0 Å². The first kappa shape index (κ1) is 21.0. The van der Waals surface area contributed by atoms with Gasteiger partial charge in [-0.2, -0.15) is 0 Å². The Kier molecular flexibility index (Phi) is 6.35. The zero-order valence-corrected chi connectivity index (χ0v) is 17.7. The van der Waals surface area contributed by atoms with Gasteiger partial charge < -0.3 is 9.47 Å². The zero-order valence-electron chi connectivity index (χ0n) is 17.7. The van der Waals surface area contributed by atoms with Crippen molar-refractivity contribution in [3.63, 3.8) is 0 Å². The van der Waals surface area contributed by atoms with Crippen molar-refractivity contribution < 1.29 is 14.3 Å². The van der Waals surface area contributed by atoms with Gasteiger partial charge in [0.1, 0.15) is 17.1 Å². The average molecular weight is 369 g/mol. The number of para-hydroxylation sites is 1. The van der Waals surface area contributed by atoms with Crippen LogP contribution in [-0.2, 0) is 15.6 Å². The minimum absolute atomic E-state index is 0.0463. The predicted molar refractivity (Wildman–Crippen MR) is 111 cm³/mol. The van der Waals surface area contributed by atoms with Crippen LogP contribution in [0.2, 0.25) is 0 Å². The topological polar surface area (TPSA) is 35.5 Å². The van der Waals surface area contributed by atoms with Crippen molar-refractivity contribution in [1.82, 2.24) is 0 Å². The van der Waals surface area contributed by atoms with Crippen LogP contribution in [0, 0.1) is 0 Å². The molecule has 146 valence electrons. The molecular weight excluding hydrogens is 336 g/mol. The highest BCUT2D eigenvalue weighted by atomic mass is 16.5. The van der Waals surface area contributed by atoms with Gasteiger partial charge in [-0.25, -0.2) is 4.79 Å². The molecule has 0 saturated heterocycles. The highest BCUT2D eigenvalue weighted by molar-refractivity contribution is 5.92. The number of methoxy groups -OCH3 is 1. The molecule has 0 aliphatic heterocycles. The van der Waals surface area contributed by atoms with E-state index < -0.39 is 5.97 Å². The largest absolute Gasteiger partial charge is 0.465 e. The van der Waals surface area contributed by atoms with Crippen LogP contribution in [0.25, 0.3) is 0 Å². The second-order valence-electron chi connectivity index (χ2n) is 8.28. The number of rotatable bonds is 7. The molecule has 0 aliphatic rings. The third kappa shape index (κ3) is 4.52. The van der Waals surface area contributed by atoms with E-state index in [1.54, 1.807) is 12.1 Å². The van der Waals surface area contributed by atoms with Gasteiger partial charge >= 0.3 is 5.97 Å². The Bertz CT molecular complexity index is 803. The monoisotopic (exact) mass is 368 g/mol. The first-order chi connectivity index (χ1) is 12.7. The summed E-state index contributed by atoms with van der Waals surface area (Å²) in [5.41, 5.74) is 2.94. The molecule has 0 atom stereocenters. The molecule has 0 amide bonds. The summed E-state index contributed by atoms with van der Waals surface area (Å²) in [5.74, 6) is 0.902. The molecular formula is C24H32O3. The Morgan fingerprint density at radius 3 is 2.11 bits per heavy atom. The Morgan fingerprint density at radius 1 is 0.889 bits per heavy atom. The van der Waals surface area contributed by atoms with Crippen LogP contribution in [0.4, 0.5) is 0 Å². The molecule has 0 fully saturated rings. The first-order valence-electron chi connectivity index (χ1n) is 9.66. The maximum atomic E-state index is 12.1. The smallest absolute Gasteiger partial charge is 0.341 e. The van der Waals surface area contributed by atoms with Crippen molar-refractivity contribution in [3.05, 3.63) is 59.2 Å². The van der Waals surface area contributed by atoms with Gasteiger partial charge in [0.2, 0.25) is 0 Å². The lowest BCUT2D eigenvalue weighted by molar-refractivity contribution is 0.0598. The van der Waals surface area contributed by atoms with Crippen molar-refractivity contribution in [2.24, 2.45) is 0 Å². The van der Waals surface area contributed by atoms with Gasteiger partial charge in [0.25, 0.3) is 0 Å². The van der Waals surface area contributed by atoms with Crippen LogP contribution in [0.5, 0.6) is 11.5 Å². The molecule has 0 N–H and O–H groups in total. The van der Waals surface area contributed by atoms with Crippen molar-refractivity contribution in [2.45, 2.75) is 65.2 Å². The van der Waals surface area contributed by atoms with Crippen molar-refractivity contribution in [2.75, 3.05) is 7.11 Å². The van der Waals surface area contributed by atoms with E-state index >= 15 is 0 Å². The van der Waals surface area contributed by atoms with E-state index in [0.29, 0.717) is 11.3 Å². The van der Waals surface area contributed by atoms with E-state index in [4.69, 9.17) is 9.47 Å². The van der Waals surface area contributed by atoms with E-state index in [1.165, 1.54) is 12.7 Å². The summed E-state index contributed by atoms with van der Waals surface area (Å²) in [6, 6.07) is 13.6. The summed E-state index contributed by atoms with van der Waals surface area (Å²) in [6.07, 6.45) is 2.04. The summed E-state index contributed by atoms with van der Waals surface area (Å²) in [5, 5.41) is 0. The van der Waals surface area contributed by atoms with E-state index in [2.05, 4.69) is 53.7 Å². The van der Waals surface area contributed by atoms with Crippen LogP contribution in [0.3, 0.4) is 0 Å². The third-order valence-electron chi connectivity index (χ3n) is 5.77. The molecule has 0 radical (unpaired) electrons. The van der Waals surface area contributed by atoms with Gasteiger partial charge in [-0.1, -0.05) is 65.8 Å². The maximum absolute atomic E-state index is 12.1. The summed E-state index contributed by atoms with van der Waals surface area (Å²) in [6.45, 7) is 13.4. The summed E-state index contributed by atoms with van der Waals surface area (Å²) < 4.78 is 11.1. The normalized spacial score (nSPS) is 12.0. The fourth-order valence-corrected chi connectivity index (χ4v) is 2.92. The van der Waals surface area contributed by atoms with Gasteiger partial charge in [0, 0.05) is 5.56 Å². The zero-order chi connectivity index (χ0) is 20.2. The predicted octanol–water partition coefficient (Wildman–Crippen LogP) is 6.64. The number of benzene rings is 2. The molecule has 0 unspecified atom stereocenters. The Balaban J connectivity index is 2.56. The molecule has 0 aliphatic carbocycles. The maximum Gasteiger partial charge on any atom is 0.341 e. The number of carbonyl (C=O) groups excluding carboxylic acids is 1. The molecule has 2 aromatic carbocycles. The van der Waals surface area contributed by atoms with Gasteiger partial charge in [0.15, 0.2) is 0 Å². The highest BCUT2D eigenvalue weighted by Gasteiger charge is 2.27. The number of hydrogen-bond acceptors (Lipinski definition) is 3. The average Bonchev–Trinajstić information content (AvgIpc) is 2.67. The van der Waals surface area contributed by atoms with Gasteiger partial charge in [0.05, 0.1) is 7.11 Å². The standard InChI is InChI=1S/C24H32O3/c1-8-23(3,4)17-14-15-21(19(16-17)24(5,6)9-2)27-20-13-11-10-12-18(20)22(25)26-7/h10-16H,8-9H2,1-7H3. The molecule has 3 heteroatoms. The molecule has 0 heterocycles. The molecule has 2 aromatic rings. The lowest BCUT2D eigenvalue weighted by atomic mass is 9.76. The number of carbonyl (C=O) groups is 1.